The van der Waals surface area contributed by atoms with Crippen molar-refractivity contribution in [1.29, 1.82) is 0 Å². The zero-order valence-corrected chi connectivity index (χ0v) is 8.70. The van der Waals surface area contributed by atoms with Gasteiger partial charge in [0.1, 0.15) is 6.10 Å². The highest BCUT2D eigenvalue weighted by Gasteiger charge is 2.18. The first-order valence-corrected chi connectivity index (χ1v) is 4.69. The van der Waals surface area contributed by atoms with Gasteiger partial charge in [-0.05, 0) is 6.07 Å². The lowest BCUT2D eigenvalue weighted by molar-refractivity contribution is 0.0804. The van der Waals surface area contributed by atoms with E-state index in [1.165, 1.54) is 7.11 Å². The third-order valence-corrected chi connectivity index (χ3v) is 1.98. The van der Waals surface area contributed by atoms with Crippen molar-refractivity contribution in [3.05, 3.63) is 24.4 Å². The van der Waals surface area contributed by atoms with E-state index < -0.39 is 6.10 Å². The maximum Gasteiger partial charge on any atom is 0.257 e. The van der Waals surface area contributed by atoms with Crippen molar-refractivity contribution < 1.29 is 9.26 Å². The maximum absolute atomic E-state index is 5.48. The minimum absolute atomic E-state index is 0.272. The number of aromatic nitrogens is 4. The average Bonchev–Trinajstić information content (AvgIpc) is 2.81. The molecule has 0 spiro atoms. The summed E-state index contributed by atoms with van der Waals surface area (Å²) >= 11 is 0. The first-order valence-electron chi connectivity index (χ1n) is 4.69. The molecule has 0 radical (unpaired) electrons. The van der Waals surface area contributed by atoms with Crippen LogP contribution in [0.4, 0.5) is 0 Å². The maximum atomic E-state index is 5.48. The molecule has 0 saturated carbocycles. The highest BCUT2D eigenvalue weighted by molar-refractivity contribution is 5.40. The zero-order valence-electron chi connectivity index (χ0n) is 8.70. The van der Waals surface area contributed by atoms with Crippen LogP contribution < -0.4 is 5.73 Å². The smallest absolute Gasteiger partial charge is 0.257 e. The normalized spacial score (nSPS) is 12.6. The number of nitrogens with two attached hydrogens (primary N) is 1. The highest BCUT2D eigenvalue weighted by atomic mass is 16.5. The van der Waals surface area contributed by atoms with E-state index in [1.807, 2.05) is 0 Å². The fourth-order valence-corrected chi connectivity index (χ4v) is 1.17. The molecule has 0 bridgehead atoms. The van der Waals surface area contributed by atoms with Crippen molar-refractivity contribution in [1.82, 2.24) is 20.1 Å². The van der Waals surface area contributed by atoms with Crippen molar-refractivity contribution >= 4 is 0 Å². The lowest BCUT2D eigenvalue weighted by Gasteiger charge is -2.05. The van der Waals surface area contributed by atoms with Gasteiger partial charge in [-0.2, -0.15) is 4.98 Å². The summed E-state index contributed by atoms with van der Waals surface area (Å²) < 4.78 is 10.1. The Labute approximate surface area is 91.7 Å². The zero-order chi connectivity index (χ0) is 11.4. The summed E-state index contributed by atoms with van der Waals surface area (Å²) in [5.74, 6) is 1.06. The van der Waals surface area contributed by atoms with Gasteiger partial charge < -0.3 is 15.0 Å². The van der Waals surface area contributed by atoms with Gasteiger partial charge in [-0.15, -0.1) is 0 Å². The van der Waals surface area contributed by atoms with Gasteiger partial charge in [0, 0.05) is 26.0 Å². The predicted molar refractivity (Wildman–Crippen MR) is 54.1 cm³/mol. The molecule has 0 aliphatic rings. The molecular formula is C9H11N5O2. The van der Waals surface area contributed by atoms with E-state index in [-0.39, 0.29) is 6.54 Å². The molecule has 0 aliphatic heterocycles. The summed E-state index contributed by atoms with van der Waals surface area (Å²) in [5.41, 5.74) is 5.48. The van der Waals surface area contributed by atoms with Crippen LogP contribution >= 0.6 is 0 Å². The van der Waals surface area contributed by atoms with Gasteiger partial charge in [0.25, 0.3) is 5.89 Å². The van der Waals surface area contributed by atoms with Crippen molar-refractivity contribution in [2.75, 3.05) is 13.7 Å². The fraction of sp³-hybridized carbons (Fsp3) is 0.333. The van der Waals surface area contributed by atoms with Crippen LogP contribution in [0.1, 0.15) is 12.0 Å². The molecule has 84 valence electrons. The van der Waals surface area contributed by atoms with Gasteiger partial charge >= 0.3 is 0 Å². The fourth-order valence-electron chi connectivity index (χ4n) is 1.17. The van der Waals surface area contributed by atoms with Gasteiger partial charge in [-0.1, -0.05) is 5.16 Å². The predicted octanol–water partition coefficient (Wildman–Crippen LogP) is 0.173. The molecule has 1 unspecified atom stereocenters. The Bertz CT molecular complexity index is 440. The number of ether oxygens (including phenoxy) is 1. The van der Waals surface area contributed by atoms with Gasteiger partial charge in [-0.25, -0.2) is 9.97 Å². The third-order valence-electron chi connectivity index (χ3n) is 1.98. The third kappa shape index (κ3) is 2.05. The molecule has 7 heteroatoms. The Balaban J connectivity index is 2.26. The number of rotatable bonds is 4. The molecule has 0 amide bonds. The van der Waals surface area contributed by atoms with Crippen molar-refractivity contribution in [3.8, 4) is 11.6 Å². The van der Waals surface area contributed by atoms with Crippen LogP contribution in [-0.2, 0) is 4.74 Å². The second-order valence-electron chi connectivity index (χ2n) is 2.99. The molecule has 0 aromatic carbocycles. The van der Waals surface area contributed by atoms with E-state index in [1.54, 1.807) is 18.5 Å². The van der Waals surface area contributed by atoms with Crippen LogP contribution in [0, 0.1) is 0 Å². The number of hydrogen-bond acceptors (Lipinski definition) is 7. The molecular weight excluding hydrogens is 210 g/mol. The second-order valence-corrected chi connectivity index (χ2v) is 2.99. The van der Waals surface area contributed by atoms with Crippen molar-refractivity contribution in [3.63, 3.8) is 0 Å². The number of hydrogen-bond donors (Lipinski definition) is 1. The lowest BCUT2D eigenvalue weighted by Crippen LogP contribution is -2.14. The first-order chi connectivity index (χ1) is 7.85. The molecule has 7 nitrogen and oxygen atoms in total. The van der Waals surface area contributed by atoms with E-state index in [9.17, 15) is 0 Å². The van der Waals surface area contributed by atoms with Crippen LogP contribution in [0.3, 0.4) is 0 Å². The van der Waals surface area contributed by atoms with Crippen LogP contribution in [0.2, 0.25) is 0 Å². The molecule has 1 atom stereocenters. The molecule has 2 aromatic rings. The summed E-state index contributed by atoms with van der Waals surface area (Å²) in [6.45, 7) is 0.272. The lowest BCUT2D eigenvalue weighted by atomic mass is 10.3. The van der Waals surface area contributed by atoms with Gasteiger partial charge in [-0.3, -0.25) is 0 Å². The molecule has 2 rings (SSSR count). The Morgan fingerprint density at radius 3 is 2.75 bits per heavy atom. The Morgan fingerprint density at radius 2 is 2.12 bits per heavy atom. The van der Waals surface area contributed by atoms with E-state index in [0.29, 0.717) is 17.5 Å². The van der Waals surface area contributed by atoms with Crippen LogP contribution in [0.5, 0.6) is 0 Å². The minimum Gasteiger partial charge on any atom is -0.370 e. The topological polar surface area (TPSA) is 100.0 Å². The molecule has 0 aliphatic carbocycles. The SMILES string of the molecule is COC(CN)c1nc(-c2ncccn2)no1. The molecule has 2 heterocycles. The molecule has 0 saturated heterocycles. The monoisotopic (exact) mass is 221 g/mol. The molecule has 2 N–H and O–H groups in total. The van der Waals surface area contributed by atoms with E-state index in [2.05, 4.69) is 20.1 Å². The van der Waals surface area contributed by atoms with E-state index in [4.69, 9.17) is 15.0 Å². The quantitative estimate of drug-likeness (QED) is 0.785. The van der Waals surface area contributed by atoms with E-state index >= 15 is 0 Å². The van der Waals surface area contributed by atoms with Crippen LogP contribution in [0.25, 0.3) is 11.6 Å². The summed E-state index contributed by atoms with van der Waals surface area (Å²) in [6.07, 6.45) is 2.81. The van der Waals surface area contributed by atoms with Gasteiger partial charge in [0.2, 0.25) is 11.6 Å². The summed E-state index contributed by atoms with van der Waals surface area (Å²) in [4.78, 5) is 12.1. The largest absolute Gasteiger partial charge is 0.370 e. The van der Waals surface area contributed by atoms with Gasteiger partial charge in [0.15, 0.2) is 0 Å². The number of methoxy groups -OCH3 is 1. The Hall–Kier alpha value is -1.86. The summed E-state index contributed by atoms with van der Waals surface area (Å²) in [7, 11) is 1.53. The standard InChI is InChI=1S/C9H11N5O2/c1-15-6(5-10)9-13-8(14-16-9)7-11-3-2-4-12-7/h2-4,6H,5,10H2,1H3. The molecule has 16 heavy (non-hydrogen) atoms. The first kappa shape index (κ1) is 10.7. The van der Waals surface area contributed by atoms with Crippen LogP contribution in [-0.4, -0.2) is 33.8 Å². The molecule has 2 aromatic heterocycles. The number of nitrogens with zero attached hydrogens (tertiary/aromatic N) is 4. The summed E-state index contributed by atoms with van der Waals surface area (Å²) in [5, 5.41) is 3.76. The molecule has 0 fully saturated rings. The van der Waals surface area contributed by atoms with Crippen molar-refractivity contribution in [2.45, 2.75) is 6.10 Å². The van der Waals surface area contributed by atoms with Gasteiger partial charge in [0.05, 0.1) is 0 Å². The van der Waals surface area contributed by atoms with E-state index in [0.717, 1.165) is 0 Å². The van der Waals surface area contributed by atoms with Crippen molar-refractivity contribution in [2.24, 2.45) is 5.73 Å². The Kier molecular flexibility index (Phi) is 3.18. The highest BCUT2D eigenvalue weighted by Crippen LogP contribution is 2.16. The minimum atomic E-state index is -0.398. The Morgan fingerprint density at radius 1 is 1.38 bits per heavy atom. The summed E-state index contributed by atoms with van der Waals surface area (Å²) in [6, 6.07) is 1.71. The second kappa shape index (κ2) is 4.77. The average molecular weight is 221 g/mol. The van der Waals surface area contributed by atoms with Crippen LogP contribution in [0.15, 0.2) is 23.0 Å².